The van der Waals surface area contributed by atoms with E-state index in [0.717, 1.165) is 41.3 Å². The van der Waals surface area contributed by atoms with E-state index in [4.69, 9.17) is 4.74 Å². The van der Waals surface area contributed by atoms with Gasteiger partial charge in [-0.25, -0.2) is 0 Å². The first-order valence-electron chi connectivity index (χ1n) is 9.86. The Labute approximate surface area is 173 Å². The molecule has 0 saturated heterocycles. The maximum absolute atomic E-state index is 12.2. The average Bonchev–Trinajstić information content (AvgIpc) is 3.16. The van der Waals surface area contributed by atoms with Crippen LogP contribution >= 0.6 is 11.3 Å². The quantitative estimate of drug-likeness (QED) is 0.539. The predicted molar refractivity (Wildman–Crippen MR) is 120 cm³/mol. The predicted octanol–water partition coefficient (Wildman–Crippen LogP) is 5.46. The van der Waals surface area contributed by atoms with Crippen molar-refractivity contribution in [2.45, 2.75) is 52.6 Å². The first-order valence-corrected chi connectivity index (χ1v) is 10.7. The van der Waals surface area contributed by atoms with Gasteiger partial charge in [-0.15, -0.1) is 11.3 Å². The molecule has 0 fully saturated rings. The van der Waals surface area contributed by atoms with Crippen LogP contribution in [0.2, 0.25) is 0 Å². The third kappa shape index (κ3) is 6.80. The maximum atomic E-state index is 12.2. The highest BCUT2D eigenvalue weighted by Gasteiger charge is 2.13. The topological polar surface area (TPSA) is 41.6 Å². The van der Waals surface area contributed by atoms with Gasteiger partial charge in [-0.05, 0) is 88.4 Å². The number of hydrogen-bond acceptors (Lipinski definition) is 4. The van der Waals surface area contributed by atoms with Crippen molar-refractivity contribution in [1.82, 2.24) is 4.90 Å². The molecule has 1 aromatic carbocycles. The summed E-state index contributed by atoms with van der Waals surface area (Å²) in [7, 11) is 1.69. The summed E-state index contributed by atoms with van der Waals surface area (Å²) in [5.41, 5.74) is 1.91. The number of anilines is 1. The minimum absolute atomic E-state index is 0.129. The van der Waals surface area contributed by atoms with E-state index in [0.29, 0.717) is 12.1 Å². The number of methoxy groups -OCH3 is 1. The van der Waals surface area contributed by atoms with Gasteiger partial charge < -0.3 is 10.1 Å². The maximum Gasteiger partial charge on any atom is 0.248 e. The fraction of sp³-hybridized carbons (Fsp3) is 0.435. The number of nitrogens with one attached hydrogen (secondary N) is 1. The monoisotopic (exact) mass is 400 g/mol. The Morgan fingerprint density at radius 3 is 2.57 bits per heavy atom. The molecule has 1 aromatic heterocycles. The summed E-state index contributed by atoms with van der Waals surface area (Å²) in [6.07, 6.45) is 5.35. The summed E-state index contributed by atoms with van der Waals surface area (Å²) in [6.45, 7) is 9.99. The molecule has 0 aliphatic heterocycles. The molecule has 0 atom stereocenters. The number of hydrogen-bond donors (Lipinski definition) is 1. The molecular weight excluding hydrogens is 368 g/mol. The van der Waals surface area contributed by atoms with E-state index < -0.39 is 0 Å². The summed E-state index contributed by atoms with van der Waals surface area (Å²) in [5, 5.41) is 4.94. The molecule has 0 saturated carbocycles. The van der Waals surface area contributed by atoms with Crippen molar-refractivity contribution in [2.75, 3.05) is 19.0 Å². The molecular formula is C23H32N2O2S. The van der Waals surface area contributed by atoms with Gasteiger partial charge in [-0.2, -0.15) is 0 Å². The Balaban J connectivity index is 1.99. The Bertz CT molecular complexity index is 759. The van der Waals surface area contributed by atoms with Crippen LogP contribution in [0.5, 0.6) is 5.75 Å². The van der Waals surface area contributed by atoms with Gasteiger partial charge in [0.2, 0.25) is 5.91 Å². The molecule has 2 rings (SSSR count). The van der Waals surface area contributed by atoms with E-state index in [-0.39, 0.29) is 5.91 Å². The van der Waals surface area contributed by atoms with E-state index in [9.17, 15) is 4.79 Å². The zero-order valence-corrected chi connectivity index (χ0v) is 18.4. The number of benzene rings is 1. The SMILES string of the molecule is COc1ccc(NC(=O)/C=C/c2cccs2)cc1CCCN(C(C)C)C(C)C. The Morgan fingerprint density at radius 1 is 1.21 bits per heavy atom. The fourth-order valence-electron chi connectivity index (χ4n) is 3.34. The number of rotatable bonds is 10. The highest BCUT2D eigenvalue weighted by Crippen LogP contribution is 2.24. The Morgan fingerprint density at radius 2 is 1.96 bits per heavy atom. The van der Waals surface area contributed by atoms with Crippen LogP contribution in [0.4, 0.5) is 5.69 Å². The molecule has 0 unspecified atom stereocenters. The van der Waals surface area contributed by atoms with E-state index in [1.807, 2.05) is 41.8 Å². The van der Waals surface area contributed by atoms with Crippen molar-refractivity contribution < 1.29 is 9.53 Å². The second-order valence-corrected chi connectivity index (χ2v) is 8.37. The molecule has 0 spiro atoms. The smallest absolute Gasteiger partial charge is 0.248 e. The molecule has 0 aliphatic rings. The number of aryl methyl sites for hydroxylation is 1. The lowest BCUT2D eigenvalue weighted by molar-refractivity contribution is -0.111. The van der Waals surface area contributed by atoms with E-state index in [1.54, 1.807) is 24.5 Å². The first-order chi connectivity index (χ1) is 13.4. The van der Waals surface area contributed by atoms with Crippen LogP contribution < -0.4 is 10.1 Å². The molecule has 1 amide bonds. The standard InChI is InChI=1S/C23H32N2O2S/c1-17(2)25(18(3)4)14-6-8-19-16-20(10-12-22(19)27-5)24-23(26)13-11-21-9-7-15-28-21/h7,9-13,15-18H,6,8,14H2,1-5H3,(H,24,26)/b13-11+. The van der Waals surface area contributed by atoms with Crippen LogP contribution in [0.15, 0.2) is 41.8 Å². The summed E-state index contributed by atoms with van der Waals surface area (Å²) in [5.74, 6) is 0.739. The van der Waals surface area contributed by atoms with Crippen LogP contribution in [-0.2, 0) is 11.2 Å². The van der Waals surface area contributed by atoms with E-state index in [2.05, 4.69) is 37.9 Å². The highest BCUT2D eigenvalue weighted by atomic mass is 32.1. The molecule has 0 aliphatic carbocycles. The lowest BCUT2D eigenvalue weighted by atomic mass is 10.1. The summed E-state index contributed by atoms with van der Waals surface area (Å²) >= 11 is 1.61. The van der Waals surface area contributed by atoms with Crippen molar-refractivity contribution >= 4 is 29.0 Å². The summed E-state index contributed by atoms with van der Waals surface area (Å²) < 4.78 is 5.52. The molecule has 2 aromatic rings. The molecule has 0 radical (unpaired) electrons. The largest absolute Gasteiger partial charge is 0.496 e. The van der Waals surface area contributed by atoms with Gasteiger partial charge >= 0.3 is 0 Å². The third-order valence-corrected chi connectivity index (χ3v) is 5.52. The van der Waals surface area contributed by atoms with E-state index in [1.165, 1.54) is 0 Å². The van der Waals surface area contributed by atoms with Crippen molar-refractivity contribution in [2.24, 2.45) is 0 Å². The first kappa shape index (κ1) is 22.2. The number of amides is 1. The number of nitrogens with zero attached hydrogens (tertiary/aromatic N) is 1. The molecule has 0 bridgehead atoms. The molecule has 1 heterocycles. The molecule has 4 nitrogen and oxygen atoms in total. The highest BCUT2D eigenvalue weighted by molar-refractivity contribution is 7.10. The van der Waals surface area contributed by atoms with Crippen LogP contribution in [0.3, 0.4) is 0 Å². The van der Waals surface area contributed by atoms with Crippen LogP contribution in [0.1, 0.15) is 44.6 Å². The minimum atomic E-state index is -0.129. The van der Waals surface area contributed by atoms with Gasteiger partial charge in [-0.1, -0.05) is 6.07 Å². The number of carbonyl (C=O) groups excluding carboxylic acids is 1. The molecule has 152 valence electrons. The third-order valence-electron chi connectivity index (χ3n) is 4.68. The second kappa shape index (κ2) is 11.0. The zero-order chi connectivity index (χ0) is 20.5. The van der Waals surface area contributed by atoms with Gasteiger partial charge in [0, 0.05) is 28.7 Å². The Hall–Kier alpha value is -2.11. The number of carbonyl (C=O) groups is 1. The number of ether oxygens (including phenoxy) is 1. The summed E-state index contributed by atoms with van der Waals surface area (Å²) in [6, 6.07) is 10.8. The van der Waals surface area contributed by atoms with Crippen molar-refractivity contribution in [1.29, 1.82) is 0 Å². The van der Waals surface area contributed by atoms with Gasteiger partial charge in [-0.3, -0.25) is 9.69 Å². The average molecular weight is 401 g/mol. The normalized spacial score (nSPS) is 11.7. The number of thiophene rings is 1. The van der Waals surface area contributed by atoms with Gasteiger partial charge in [0.1, 0.15) is 5.75 Å². The lowest BCUT2D eigenvalue weighted by Gasteiger charge is -2.30. The van der Waals surface area contributed by atoms with Gasteiger partial charge in [0.05, 0.1) is 7.11 Å². The van der Waals surface area contributed by atoms with Crippen molar-refractivity contribution in [3.63, 3.8) is 0 Å². The van der Waals surface area contributed by atoms with Crippen molar-refractivity contribution in [3.8, 4) is 5.75 Å². The van der Waals surface area contributed by atoms with Crippen LogP contribution in [-0.4, -0.2) is 36.5 Å². The lowest BCUT2D eigenvalue weighted by Crippen LogP contribution is -2.37. The van der Waals surface area contributed by atoms with Gasteiger partial charge in [0.15, 0.2) is 0 Å². The summed E-state index contributed by atoms with van der Waals surface area (Å²) in [4.78, 5) is 15.7. The van der Waals surface area contributed by atoms with E-state index >= 15 is 0 Å². The van der Waals surface area contributed by atoms with Crippen LogP contribution in [0.25, 0.3) is 6.08 Å². The Kier molecular flexibility index (Phi) is 8.74. The fourth-order valence-corrected chi connectivity index (χ4v) is 3.96. The minimum Gasteiger partial charge on any atom is -0.496 e. The second-order valence-electron chi connectivity index (χ2n) is 7.39. The molecule has 1 N–H and O–H groups in total. The van der Waals surface area contributed by atoms with Crippen molar-refractivity contribution in [3.05, 3.63) is 52.2 Å². The van der Waals surface area contributed by atoms with Gasteiger partial charge in [0.25, 0.3) is 0 Å². The molecule has 5 heteroatoms. The zero-order valence-electron chi connectivity index (χ0n) is 17.6. The molecule has 28 heavy (non-hydrogen) atoms. The van der Waals surface area contributed by atoms with Crippen LogP contribution in [0, 0.1) is 0 Å².